The molecular weight excluding hydrogens is 324 g/mol. The molecule has 24 heavy (non-hydrogen) atoms. The van der Waals surface area contributed by atoms with Crippen LogP contribution in [0.4, 0.5) is 5.82 Å². The van der Waals surface area contributed by atoms with E-state index in [4.69, 9.17) is 12.2 Å². The molecule has 2 aromatic heterocycles. The summed E-state index contributed by atoms with van der Waals surface area (Å²) in [5.41, 5.74) is 0. The van der Waals surface area contributed by atoms with Crippen LogP contribution in [0.3, 0.4) is 0 Å². The number of rotatable bonds is 5. The highest BCUT2D eigenvalue weighted by Gasteiger charge is 2.28. The molecule has 1 saturated heterocycles. The van der Waals surface area contributed by atoms with Crippen molar-refractivity contribution in [2.45, 2.75) is 32.2 Å². The molecule has 128 valence electrons. The van der Waals surface area contributed by atoms with Gasteiger partial charge in [0.25, 0.3) is 0 Å². The van der Waals surface area contributed by atoms with E-state index in [2.05, 4.69) is 25.9 Å². The molecular formula is C16H22N6OS. The molecule has 1 aliphatic carbocycles. The van der Waals surface area contributed by atoms with Gasteiger partial charge in [0, 0.05) is 38.4 Å². The highest BCUT2D eigenvalue weighted by Crippen LogP contribution is 2.36. The molecule has 8 heteroatoms. The van der Waals surface area contributed by atoms with Crippen LogP contribution >= 0.6 is 12.2 Å². The lowest BCUT2D eigenvalue weighted by Crippen LogP contribution is -2.47. The number of anilines is 1. The molecule has 1 aliphatic heterocycles. The number of piperazine rings is 1. The average Bonchev–Trinajstić information content (AvgIpc) is 3.41. The maximum atomic E-state index is 9.53. The fourth-order valence-corrected chi connectivity index (χ4v) is 3.57. The minimum Gasteiger partial charge on any atom is -0.388 e. The summed E-state index contributed by atoms with van der Waals surface area (Å²) in [6.07, 6.45) is 4.10. The zero-order chi connectivity index (χ0) is 16.5. The average molecular weight is 346 g/mol. The number of aliphatic hydroxyl groups is 1. The predicted octanol–water partition coefficient (Wildman–Crippen LogP) is 1.42. The van der Waals surface area contributed by atoms with Gasteiger partial charge in [0.1, 0.15) is 12.4 Å². The number of nitrogens with zero attached hydrogens (tertiary/aromatic N) is 6. The van der Waals surface area contributed by atoms with Crippen LogP contribution in [-0.2, 0) is 13.3 Å². The van der Waals surface area contributed by atoms with E-state index in [0.717, 1.165) is 49.6 Å². The van der Waals surface area contributed by atoms with E-state index < -0.39 is 0 Å². The summed E-state index contributed by atoms with van der Waals surface area (Å²) in [6, 6.07) is 6.46. The van der Waals surface area contributed by atoms with Gasteiger partial charge in [-0.15, -0.1) is 0 Å². The maximum absolute atomic E-state index is 9.53. The van der Waals surface area contributed by atoms with E-state index >= 15 is 0 Å². The molecule has 0 atom stereocenters. The molecule has 0 aromatic carbocycles. The van der Waals surface area contributed by atoms with Gasteiger partial charge in [-0.1, -0.05) is 6.07 Å². The Labute approximate surface area is 146 Å². The summed E-state index contributed by atoms with van der Waals surface area (Å²) in [6.45, 7) is 4.41. The van der Waals surface area contributed by atoms with Crippen molar-refractivity contribution >= 4 is 18.0 Å². The second kappa shape index (κ2) is 6.62. The topological polar surface area (TPSA) is 62.4 Å². The summed E-state index contributed by atoms with van der Waals surface area (Å²) in [7, 11) is 0. The summed E-state index contributed by atoms with van der Waals surface area (Å²) >= 11 is 5.57. The highest BCUT2D eigenvalue weighted by molar-refractivity contribution is 7.71. The van der Waals surface area contributed by atoms with Gasteiger partial charge in [-0.25, -0.2) is 9.67 Å². The Hall–Kier alpha value is -1.77. The van der Waals surface area contributed by atoms with Crippen LogP contribution in [0, 0.1) is 4.77 Å². The Kier molecular flexibility index (Phi) is 4.34. The number of aliphatic hydroxyl groups excluding tert-OH is 1. The molecule has 7 nitrogen and oxygen atoms in total. The van der Waals surface area contributed by atoms with Crippen molar-refractivity contribution in [3.8, 4) is 0 Å². The molecule has 1 N–H and O–H groups in total. The van der Waals surface area contributed by atoms with Gasteiger partial charge in [-0.05, 0) is 37.2 Å². The fraction of sp³-hybridized carbons (Fsp3) is 0.562. The molecule has 2 aromatic rings. The third-order valence-electron chi connectivity index (χ3n) is 4.67. The van der Waals surface area contributed by atoms with Crippen LogP contribution < -0.4 is 4.90 Å². The van der Waals surface area contributed by atoms with Gasteiger partial charge in [0.05, 0.1) is 6.67 Å². The number of pyridine rings is 1. The van der Waals surface area contributed by atoms with Crippen LogP contribution in [0.2, 0.25) is 0 Å². The molecule has 0 amide bonds. The maximum Gasteiger partial charge on any atom is 0.199 e. The molecule has 4 rings (SSSR count). The van der Waals surface area contributed by atoms with Crippen LogP contribution in [0.15, 0.2) is 24.4 Å². The lowest BCUT2D eigenvalue weighted by atomic mass is 10.3. The van der Waals surface area contributed by atoms with Crippen molar-refractivity contribution < 1.29 is 5.11 Å². The summed E-state index contributed by atoms with van der Waals surface area (Å²) < 4.78 is 4.61. The van der Waals surface area contributed by atoms with Gasteiger partial charge in [0.15, 0.2) is 10.6 Å². The molecule has 0 spiro atoms. The lowest BCUT2D eigenvalue weighted by Gasteiger charge is -2.35. The lowest BCUT2D eigenvalue weighted by molar-refractivity contribution is 0.192. The molecule has 0 bridgehead atoms. The largest absolute Gasteiger partial charge is 0.388 e. The first-order valence-corrected chi connectivity index (χ1v) is 8.84. The second-order valence-electron chi connectivity index (χ2n) is 6.39. The SMILES string of the molecule is OCc1nn(CN2CCN(c3ccccn3)CC2)c(=S)n1C1CC1. The Morgan fingerprint density at radius 1 is 1.17 bits per heavy atom. The van der Waals surface area contributed by atoms with Crippen molar-refractivity contribution in [3.63, 3.8) is 0 Å². The first-order chi connectivity index (χ1) is 11.8. The molecule has 2 aliphatic rings. The van der Waals surface area contributed by atoms with E-state index in [0.29, 0.717) is 18.5 Å². The number of hydrogen-bond donors (Lipinski definition) is 1. The Balaban J connectivity index is 1.42. The molecule has 0 unspecified atom stereocenters. The van der Waals surface area contributed by atoms with Crippen LogP contribution in [0.25, 0.3) is 0 Å². The summed E-state index contributed by atoms with van der Waals surface area (Å²) in [5.74, 6) is 1.73. The molecule has 1 saturated carbocycles. The van der Waals surface area contributed by atoms with Crippen molar-refractivity contribution in [1.82, 2.24) is 24.2 Å². The first-order valence-electron chi connectivity index (χ1n) is 8.43. The predicted molar refractivity (Wildman–Crippen MR) is 93.3 cm³/mol. The van der Waals surface area contributed by atoms with Gasteiger partial charge in [-0.2, -0.15) is 5.10 Å². The summed E-state index contributed by atoms with van der Waals surface area (Å²) in [4.78, 5) is 9.07. The monoisotopic (exact) mass is 346 g/mol. The number of hydrogen-bond acceptors (Lipinski definition) is 6. The number of aromatic nitrogens is 4. The van der Waals surface area contributed by atoms with E-state index in [9.17, 15) is 5.11 Å². The Bertz CT molecular complexity index is 746. The summed E-state index contributed by atoms with van der Waals surface area (Å²) in [5, 5.41) is 14.0. The van der Waals surface area contributed by atoms with E-state index in [1.807, 2.05) is 27.6 Å². The van der Waals surface area contributed by atoms with Gasteiger partial charge in [-0.3, -0.25) is 9.47 Å². The standard InChI is InChI=1S/C16H22N6OS/c23-11-15-18-21(16(24)22(15)13-4-5-13)12-19-7-9-20(10-8-19)14-3-1-2-6-17-14/h1-3,6,13,23H,4-5,7-12H2. The van der Waals surface area contributed by atoms with Crippen LogP contribution in [0.1, 0.15) is 24.7 Å². The second-order valence-corrected chi connectivity index (χ2v) is 6.76. The minimum absolute atomic E-state index is 0.0550. The van der Waals surface area contributed by atoms with Gasteiger partial charge >= 0.3 is 0 Å². The van der Waals surface area contributed by atoms with E-state index in [-0.39, 0.29) is 6.61 Å². The van der Waals surface area contributed by atoms with Crippen molar-refractivity contribution in [2.75, 3.05) is 31.1 Å². The van der Waals surface area contributed by atoms with Crippen LogP contribution in [-0.4, -0.2) is 55.5 Å². The highest BCUT2D eigenvalue weighted by atomic mass is 32.1. The van der Waals surface area contributed by atoms with Crippen molar-refractivity contribution in [1.29, 1.82) is 0 Å². The minimum atomic E-state index is -0.0550. The van der Waals surface area contributed by atoms with Crippen molar-refractivity contribution in [2.24, 2.45) is 0 Å². The fourth-order valence-electron chi connectivity index (χ4n) is 3.21. The molecule has 3 heterocycles. The van der Waals surface area contributed by atoms with Crippen molar-refractivity contribution in [3.05, 3.63) is 35.0 Å². The molecule has 0 radical (unpaired) electrons. The zero-order valence-corrected chi connectivity index (χ0v) is 14.4. The Morgan fingerprint density at radius 3 is 2.58 bits per heavy atom. The smallest absolute Gasteiger partial charge is 0.199 e. The first kappa shape index (κ1) is 15.7. The Morgan fingerprint density at radius 2 is 1.96 bits per heavy atom. The van der Waals surface area contributed by atoms with Gasteiger partial charge in [0.2, 0.25) is 0 Å². The van der Waals surface area contributed by atoms with E-state index in [1.165, 1.54) is 0 Å². The third kappa shape index (κ3) is 3.09. The zero-order valence-electron chi connectivity index (χ0n) is 13.6. The van der Waals surface area contributed by atoms with Gasteiger partial charge < -0.3 is 10.0 Å². The van der Waals surface area contributed by atoms with E-state index in [1.54, 1.807) is 0 Å². The third-order valence-corrected chi connectivity index (χ3v) is 5.08. The molecule has 2 fully saturated rings. The van der Waals surface area contributed by atoms with Crippen LogP contribution in [0.5, 0.6) is 0 Å². The quantitative estimate of drug-likeness (QED) is 0.826. The normalized spacial score (nSPS) is 19.0.